The average molecular weight is 500 g/mol. The van der Waals surface area contributed by atoms with Gasteiger partial charge >= 0.3 is 0 Å². The van der Waals surface area contributed by atoms with Crippen molar-refractivity contribution in [1.82, 2.24) is 0 Å². The molecule has 1 saturated heterocycles. The molecular formula is C31H33NO5. The zero-order chi connectivity index (χ0) is 27.1. The number of ketones is 1. The van der Waals surface area contributed by atoms with Crippen LogP contribution < -0.4 is 14.4 Å². The number of rotatable bonds is 5. The van der Waals surface area contributed by atoms with Gasteiger partial charge in [-0.3, -0.25) is 14.5 Å². The number of amides is 1. The Morgan fingerprint density at radius 1 is 0.865 bits per heavy atom. The predicted molar refractivity (Wildman–Crippen MR) is 145 cm³/mol. The van der Waals surface area contributed by atoms with E-state index in [1.807, 2.05) is 56.3 Å². The van der Waals surface area contributed by atoms with Gasteiger partial charge in [0.1, 0.15) is 17.3 Å². The Balaban J connectivity index is 2.04. The topological polar surface area (TPSA) is 76.1 Å². The van der Waals surface area contributed by atoms with Gasteiger partial charge < -0.3 is 14.6 Å². The zero-order valence-electron chi connectivity index (χ0n) is 22.4. The maximum atomic E-state index is 13.6. The van der Waals surface area contributed by atoms with E-state index in [1.165, 1.54) is 19.1 Å². The molecule has 1 amide bonds. The van der Waals surface area contributed by atoms with Crippen LogP contribution >= 0.6 is 0 Å². The van der Waals surface area contributed by atoms with Crippen LogP contribution in [0, 0.1) is 13.8 Å². The lowest BCUT2D eigenvalue weighted by molar-refractivity contribution is -0.132. The average Bonchev–Trinajstić information content (AvgIpc) is 3.14. The van der Waals surface area contributed by atoms with Gasteiger partial charge in [0.25, 0.3) is 11.7 Å². The van der Waals surface area contributed by atoms with E-state index in [-0.39, 0.29) is 16.7 Å². The molecule has 1 N–H and O–H groups in total. The van der Waals surface area contributed by atoms with Crippen molar-refractivity contribution in [2.45, 2.75) is 46.1 Å². The van der Waals surface area contributed by atoms with Crippen molar-refractivity contribution in [1.29, 1.82) is 0 Å². The third kappa shape index (κ3) is 4.59. The Morgan fingerprint density at radius 3 is 2.16 bits per heavy atom. The number of methoxy groups -OCH3 is 2. The van der Waals surface area contributed by atoms with Crippen LogP contribution in [0.25, 0.3) is 5.76 Å². The van der Waals surface area contributed by atoms with Gasteiger partial charge in [0.05, 0.1) is 31.4 Å². The van der Waals surface area contributed by atoms with Gasteiger partial charge in [0.15, 0.2) is 0 Å². The first kappa shape index (κ1) is 26.0. The second-order valence-corrected chi connectivity index (χ2v) is 10.3. The van der Waals surface area contributed by atoms with Crippen molar-refractivity contribution in [2.24, 2.45) is 0 Å². The Morgan fingerprint density at radius 2 is 1.54 bits per heavy atom. The summed E-state index contributed by atoms with van der Waals surface area (Å²) in [5.41, 5.74) is 4.29. The van der Waals surface area contributed by atoms with Gasteiger partial charge in [-0.25, -0.2) is 0 Å². The normalized spacial score (nSPS) is 17.3. The smallest absolute Gasteiger partial charge is 0.300 e. The second-order valence-electron chi connectivity index (χ2n) is 10.3. The van der Waals surface area contributed by atoms with Crippen molar-refractivity contribution >= 4 is 23.1 Å². The Labute approximate surface area is 218 Å². The van der Waals surface area contributed by atoms with Crippen LogP contribution in [-0.4, -0.2) is 31.0 Å². The van der Waals surface area contributed by atoms with Crippen LogP contribution in [0.3, 0.4) is 0 Å². The zero-order valence-corrected chi connectivity index (χ0v) is 22.4. The largest absolute Gasteiger partial charge is 0.507 e. The van der Waals surface area contributed by atoms with Crippen molar-refractivity contribution in [3.05, 3.63) is 94.1 Å². The molecule has 1 unspecified atom stereocenters. The van der Waals surface area contributed by atoms with Crippen molar-refractivity contribution < 1.29 is 24.2 Å². The van der Waals surface area contributed by atoms with Gasteiger partial charge in [-0.05, 0) is 66.3 Å². The molecule has 0 spiro atoms. The minimum Gasteiger partial charge on any atom is -0.507 e. The summed E-state index contributed by atoms with van der Waals surface area (Å²) in [4.78, 5) is 28.6. The van der Waals surface area contributed by atoms with Crippen molar-refractivity contribution in [3.63, 3.8) is 0 Å². The molecular weight excluding hydrogens is 466 g/mol. The number of carbonyl (C=O) groups excluding carboxylic acids is 2. The van der Waals surface area contributed by atoms with E-state index in [1.54, 1.807) is 18.2 Å². The highest BCUT2D eigenvalue weighted by Crippen LogP contribution is 2.46. The Hall–Kier alpha value is -4.06. The molecule has 1 fully saturated rings. The van der Waals surface area contributed by atoms with Crippen LogP contribution in [0.4, 0.5) is 5.69 Å². The predicted octanol–water partition coefficient (Wildman–Crippen LogP) is 6.24. The Bertz CT molecular complexity index is 1410. The number of hydrogen-bond acceptors (Lipinski definition) is 5. The summed E-state index contributed by atoms with van der Waals surface area (Å²) in [5.74, 6) is -0.865. The molecule has 192 valence electrons. The van der Waals surface area contributed by atoms with E-state index in [2.05, 4.69) is 20.8 Å². The van der Waals surface area contributed by atoms with Gasteiger partial charge in [0, 0.05) is 11.3 Å². The van der Waals surface area contributed by atoms with E-state index >= 15 is 0 Å². The van der Waals surface area contributed by atoms with E-state index in [0.717, 1.165) is 16.7 Å². The molecule has 1 aliphatic rings. The first-order valence-corrected chi connectivity index (χ1v) is 12.2. The second kappa shape index (κ2) is 9.77. The van der Waals surface area contributed by atoms with Crippen LogP contribution in [0.15, 0.2) is 66.2 Å². The van der Waals surface area contributed by atoms with Crippen LogP contribution in [0.1, 0.15) is 54.6 Å². The summed E-state index contributed by atoms with van der Waals surface area (Å²) in [6, 6.07) is 17.4. The van der Waals surface area contributed by atoms with E-state index in [4.69, 9.17) is 9.47 Å². The first-order chi connectivity index (χ1) is 17.5. The third-order valence-electron chi connectivity index (χ3n) is 6.97. The van der Waals surface area contributed by atoms with Gasteiger partial charge in [-0.2, -0.15) is 0 Å². The molecule has 1 heterocycles. The maximum Gasteiger partial charge on any atom is 0.300 e. The van der Waals surface area contributed by atoms with Crippen molar-refractivity contribution in [2.75, 3.05) is 19.1 Å². The summed E-state index contributed by atoms with van der Waals surface area (Å²) >= 11 is 0. The number of carbonyl (C=O) groups is 2. The number of aryl methyl sites for hydroxylation is 2. The number of para-hydroxylation sites is 1. The molecule has 0 bridgehead atoms. The minimum atomic E-state index is -0.902. The molecule has 3 aromatic carbocycles. The lowest BCUT2D eigenvalue weighted by Crippen LogP contribution is -2.29. The Kier molecular flexibility index (Phi) is 6.87. The standard InChI is InChI=1S/C31H33NO5/c1-18-12-14-21(16-19(18)2)32-27(22-10-8-9-11-24(22)36-6)26(29(34)30(32)35)28(33)23-17-20(31(3,4)5)13-15-25(23)37-7/h8-17,27,33H,1-7H3/b28-26+. The number of nitrogens with zero attached hydrogens (tertiary/aromatic N) is 1. The third-order valence-corrected chi connectivity index (χ3v) is 6.97. The summed E-state index contributed by atoms with van der Waals surface area (Å²) < 4.78 is 11.2. The minimum absolute atomic E-state index is 0.0166. The number of hydrogen-bond donors (Lipinski definition) is 1. The summed E-state index contributed by atoms with van der Waals surface area (Å²) in [5, 5.41) is 11.7. The fourth-order valence-electron chi connectivity index (χ4n) is 4.67. The molecule has 6 heteroatoms. The number of aliphatic hydroxyl groups is 1. The van der Waals surface area contributed by atoms with E-state index in [9.17, 15) is 14.7 Å². The molecule has 3 aromatic rings. The molecule has 0 saturated carbocycles. The summed E-state index contributed by atoms with van der Waals surface area (Å²) in [6.45, 7) is 10.1. The number of aliphatic hydroxyl groups excluding tert-OH is 1. The maximum absolute atomic E-state index is 13.6. The van der Waals surface area contributed by atoms with E-state index < -0.39 is 17.7 Å². The molecule has 0 aromatic heterocycles. The van der Waals surface area contributed by atoms with Crippen LogP contribution in [0.5, 0.6) is 11.5 Å². The fraction of sp³-hybridized carbons (Fsp3) is 0.290. The highest BCUT2D eigenvalue weighted by Gasteiger charge is 2.48. The molecule has 0 radical (unpaired) electrons. The van der Waals surface area contributed by atoms with Crippen molar-refractivity contribution in [3.8, 4) is 11.5 Å². The molecule has 4 rings (SSSR count). The SMILES string of the molecule is COc1ccc(C(C)(C)C)cc1/C(O)=C1\C(=O)C(=O)N(c2ccc(C)c(C)c2)C1c1ccccc1OC. The number of Topliss-reactive ketones (excluding diaryl/α,β-unsaturated/α-hetero) is 1. The molecule has 6 nitrogen and oxygen atoms in total. The summed E-state index contributed by atoms with van der Waals surface area (Å²) in [7, 11) is 3.05. The quantitative estimate of drug-likeness (QED) is 0.255. The van der Waals surface area contributed by atoms with E-state index in [0.29, 0.717) is 28.3 Å². The molecule has 37 heavy (non-hydrogen) atoms. The van der Waals surface area contributed by atoms with Gasteiger partial charge in [-0.15, -0.1) is 0 Å². The summed E-state index contributed by atoms with van der Waals surface area (Å²) in [6.07, 6.45) is 0. The highest BCUT2D eigenvalue weighted by atomic mass is 16.5. The van der Waals surface area contributed by atoms with Gasteiger partial charge in [-0.1, -0.05) is 51.1 Å². The molecule has 1 atom stereocenters. The lowest BCUT2D eigenvalue weighted by Gasteiger charge is -2.27. The molecule has 1 aliphatic heterocycles. The first-order valence-electron chi connectivity index (χ1n) is 12.2. The number of anilines is 1. The number of benzene rings is 3. The monoisotopic (exact) mass is 499 g/mol. The van der Waals surface area contributed by atoms with Crippen LogP contribution in [0.2, 0.25) is 0 Å². The fourth-order valence-corrected chi connectivity index (χ4v) is 4.67. The molecule has 0 aliphatic carbocycles. The van der Waals surface area contributed by atoms with Crippen LogP contribution in [-0.2, 0) is 15.0 Å². The highest BCUT2D eigenvalue weighted by molar-refractivity contribution is 6.51. The number of ether oxygens (including phenoxy) is 2. The van der Waals surface area contributed by atoms with Gasteiger partial charge in [0.2, 0.25) is 0 Å². The lowest BCUT2D eigenvalue weighted by atomic mass is 9.85.